The first-order valence-corrected chi connectivity index (χ1v) is 7.52. The zero-order valence-electron chi connectivity index (χ0n) is 13.2. The summed E-state index contributed by atoms with van der Waals surface area (Å²) < 4.78 is 2.25. The molecule has 0 unspecified atom stereocenters. The average molecular weight is 282 g/mol. The summed E-state index contributed by atoms with van der Waals surface area (Å²) in [6.45, 7) is 4.21. The molecule has 3 nitrogen and oxygen atoms in total. The van der Waals surface area contributed by atoms with Gasteiger partial charge < -0.3 is 9.47 Å². The van der Waals surface area contributed by atoms with Crippen LogP contribution in [0.25, 0.3) is 5.69 Å². The molecule has 1 aromatic heterocycles. The van der Waals surface area contributed by atoms with E-state index in [-0.39, 0.29) is 5.78 Å². The highest BCUT2D eigenvalue weighted by atomic mass is 16.1. The van der Waals surface area contributed by atoms with Crippen LogP contribution < -0.4 is 4.90 Å². The number of hydrogen-bond acceptors (Lipinski definition) is 2. The fourth-order valence-corrected chi connectivity index (χ4v) is 3.31. The quantitative estimate of drug-likeness (QED) is 0.839. The molecule has 1 aliphatic carbocycles. The first kappa shape index (κ1) is 13.9. The van der Waals surface area contributed by atoms with Crippen LogP contribution in [0.1, 0.15) is 40.2 Å². The van der Waals surface area contributed by atoms with Crippen molar-refractivity contribution in [2.45, 2.75) is 33.1 Å². The lowest BCUT2D eigenvalue weighted by atomic mass is 9.96. The predicted molar refractivity (Wildman–Crippen MR) is 86.8 cm³/mol. The molecule has 0 aliphatic heterocycles. The topological polar surface area (TPSA) is 25.2 Å². The highest BCUT2D eigenvalue weighted by Gasteiger charge is 2.23. The van der Waals surface area contributed by atoms with Crippen molar-refractivity contribution in [2.75, 3.05) is 19.0 Å². The van der Waals surface area contributed by atoms with E-state index in [1.807, 2.05) is 6.07 Å². The van der Waals surface area contributed by atoms with Gasteiger partial charge in [-0.05, 0) is 50.5 Å². The van der Waals surface area contributed by atoms with E-state index in [0.717, 1.165) is 29.8 Å². The SMILES string of the molecule is Cc1ccc(-n2c(C)cc3c2CCCC3=O)cc1N(C)C. The highest BCUT2D eigenvalue weighted by Crippen LogP contribution is 2.30. The van der Waals surface area contributed by atoms with Crippen molar-refractivity contribution >= 4 is 11.5 Å². The minimum absolute atomic E-state index is 0.290. The van der Waals surface area contributed by atoms with Gasteiger partial charge in [-0.15, -0.1) is 0 Å². The smallest absolute Gasteiger partial charge is 0.164 e. The molecular formula is C18H22N2O. The van der Waals surface area contributed by atoms with Crippen molar-refractivity contribution in [3.05, 3.63) is 46.8 Å². The molecule has 0 bridgehead atoms. The molecule has 0 radical (unpaired) electrons. The number of ketones is 1. The van der Waals surface area contributed by atoms with Crippen LogP contribution in [0, 0.1) is 13.8 Å². The molecule has 0 saturated heterocycles. The van der Waals surface area contributed by atoms with Crippen LogP contribution in [0.2, 0.25) is 0 Å². The second-order valence-corrected chi connectivity index (χ2v) is 6.12. The molecule has 110 valence electrons. The van der Waals surface area contributed by atoms with Crippen molar-refractivity contribution in [1.29, 1.82) is 0 Å². The summed E-state index contributed by atoms with van der Waals surface area (Å²) in [7, 11) is 4.13. The van der Waals surface area contributed by atoms with Crippen molar-refractivity contribution in [2.24, 2.45) is 0 Å². The van der Waals surface area contributed by atoms with E-state index in [4.69, 9.17) is 0 Å². The largest absolute Gasteiger partial charge is 0.377 e. The van der Waals surface area contributed by atoms with Gasteiger partial charge in [-0.1, -0.05) is 6.07 Å². The molecule has 3 rings (SSSR count). The van der Waals surface area contributed by atoms with Crippen molar-refractivity contribution in [3.63, 3.8) is 0 Å². The lowest BCUT2D eigenvalue weighted by molar-refractivity contribution is 0.0972. The summed E-state index contributed by atoms with van der Waals surface area (Å²) in [6.07, 6.45) is 2.63. The van der Waals surface area contributed by atoms with Crippen LogP contribution in [-0.4, -0.2) is 24.4 Å². The third kappa shape index (κ3) is 2.27. The standard InChI is InChI=1S/C18H22N2O/c1-12-8-9-14(11-17(12)19(3)4)20-13(2)10-15-16(20)6-5-7-18(15)21/h8-11H,5-7H2,1-4H3. The zero-order chi connectivity index (χ0) is 15.1. The van der Waals surface area contributed by atoms with Gasteiger partial charge >= 0.3 is 0 Å². The summed E-state index contributed by atoms with van der Waals surface area (Å²) in [5.41, 5.74) is 6.87. The Morgan fingerprint density at radius 2 is 1.86 bits per heavy atom. The minimum atomic E-state index is 0.290. The van der Waals surface area contributed by atoms with Gasteiger partial charge in [0.05, 0.1) is 0 Å². The Balaban J connectivity index is 2.17. The van der Waals surface area contributed by atoms with E-state index >= 15 is 0 Å². The van der Waals surface area contributed by atoms with Gasteiger partial charge in [-0.2, -0.15) is 0 Å². The molecule has 0 atom stereocenters. The number of aryl methyl sites for hydroxylation is 2. The van der Waals surface area contributed by atoms with Crippen LogP contribution >= 0.6 is 0 Å². The van der Waals surface area contributed by atoms with Gasteiger partial charge in [0.2, 0.25) is 0 Å². The molecule has 1 aliphatic rings. The van der Waals surface area contributed by atoms with Crippen LogP contribution in [0.15, 0.2) is 24.3 Å². The number of Topliss-reactive ketones (excluding diaryl/α,β-unsaturated/α-hetero) is 1. The summed E-state index contributed by atoms with van der Waals surface area (Å²) >= 11 is 0. The molecule has 1 aromatic carbocycles. The monoisotopic (exact) mass is 282 g/mol. The number of anilines is 1. The number of aromatic nitrogens is 1. The van der Waals surface area contributed by atoms with E-state index in [2.05, 4.69) is 55.6 Å². The number of hydrogen-bond donors (Lipinski definition) is 0. The average Bonchev–Trinajstić information content (AvgIpc) is 2.77. The molecule has 3 heteroatoms. The predicted octanol–water partition coefficient (Wildman–Crippen LogP) is 3.68. The Morgan fingerprint density at radius 1 is 1.10 bits per heavy atom. The maximum Gasteiger partial charge on any atom is 0.164 e. The molecule has 0 amide bonds. The number of carbonyl (C=O) groups is 1. The third-order valence-electron chi connectivity index (χ3n) is 4.34. The van der Waals surface area contributed by atoms with Crippen LogP contribution in [0.5, 0.6) is 0 Å². The second kappa shape index (κ2) is 5.06. The summed E-state index contributed by atoms with van der Waals surface area (Å²) in [5, 5.41) is 0. The Kier molecular flexibility index (Phi) is 3.36. The number of nitrogens with zero attached hydrogens (tertiary/aromatic N) is 2. The molecule has 0 spiro atoms. The van der Waals surface area contributed by atoms with Gasteiger partial charge in [-0.3, -0.25) is 4.79 Å². The van der Waals surface area contributed by atoms with Gasteiger partial charge in [-0.25, -0.2) is 0 Å². The van der Waals surface area contributed by atoms with Crippen LogP contribution in [-0.2, 0) is 6.42 Å². The van der Waals surface area contributed by atoms with Gasteiger partial charge in [0, 0.05) is 48.8 Å². The molecular weight excluding hydrogens is 260 g/mol. The van der Waals surface area contributed by atoms with Gasteiger partial charge in [0.1, 0.15) is 0 Å². The maximum atomic E-state index is 12.1. The fraction of sp³-hybridized carbons (Fsp3) is 0.389. The fourth-order valence-electron chi connectivity index (χ4n) is 3.31. The minimum Gasteiger partial charge on any atom is -0.377 e. The lowest BCUT2D eigenvalue weighted by Gasteiger charge is -2.20. The number of fused-ring (bicyclic) bond motifs is 1. The van der Waals surface area contributed by atoms with Crippen molar-refractivity contribution in [1.82, 2.24) is 4.57 Å². The molecule has 0 N–H and O–H groups in total. The van der Waals surface area contributed by atoms with E-state index in [1.54, 1.807) is 0 Å². The molecule has 0 fully saturated rings. The Hall–Kier alpha value is -2.03. The molecule has 1 heterocycles. The Labute approximate surface area is 126 Å². The van der Waals surface area contributed by atoms with Crippen LogP contribution in [0.3, 0.4) is 0 Å². The van der Waals surface area contributed by atoms with Gasteiger partial charge in [0.25, 0.3) is 0 Å². The molecule has 21 heavy (non-hydrogen) atoms. The summed E-state index contributed by atoms with van der Waals surface area (Å²) in [4.78, 5) is 14.2. The number of benzene rings is 1. The second-order valence-electron chi connectivity index (χ2n) is 6.12. The zero-order valence-corrected chi connectivity index (χ0v) is 13.2. The Morgan fingerprint density at radius 3 is 2.57 bits per heavy atom. The van der Waals surface area contributed by atoms with E-state index < -0.39 is 0 Å². The first-order valence-electron chi connectivity index (χ1n) is 7.52. The van der Waals surface area contributed by atoms with Crippen molar-refractivity contribution in [3.8, 4) is 5.69 Å². The van der Waals surface area contributed by atoms with Gasteiger partial charge in [0.15, 0.2) is 5.78 Å². The summed E-state index contributed by atoms with van der Waals surface area (Å²) in [5.74, 6) is 0.290. The highest BCUT2D eigenvalue weighted by molar-refractivity contribution is 5.98. The summed E-state index contributed by atoms with van der Waals surface area (Å²) in [6, 6.07) is 8.56. The third-order valence-corrected chi connectivity index (χ3v) is 4.34. The number of rotatable bonds is 2. The maximum absolute atomic E-state index is 12.1. The van der Waals surface area contributed by atoms with Crippen LogP contribution in [0.4, 0.5) is 5.69 Å². The van der Waals surface area contributed by atoms with E-state index in [9.17, 15) is 4.79 Å². The van der Waals surface area contributed by atoms with E-state index in [1.165, 1.54) is 16.9 Å². The first-order chi connectivity index (χ1) is 9.99. The lowest BCUT2D eigenvalue weighted by Crippen LogP contribution is -2.14. The molecule has 2 aromatic rings. The molecule has 0 saturated carbocycles. The number of carbonyl (C=O) groups excluding carboxylic acids is 1. The van der Waals surface area contributed by atoms with E-state index in [0.29, 0.717) is 6.42 Å². The Bertz CT molecular complexity index is 710. The normalized spacial score (nSPS) is 14.2. The van der Waals surface area contributed by atoms with Crippen molar-refractivity contribution < 1.29 is 4.79 Å².